The second kappa shape index (κ2) is 3.61. The van der Waals surface area contributed by atoms with E-state index < -0.39 is 12.1 Å². The van der Waals surface area contributed by atoms with Gasteiger partial charge in [0.05, 0.1) is 6.61 Å². The average molecular weight is 158 g/mol. The van der Waals surface area contributed by atoms with E-state index in [9.17, 15) is 4.79 Å². The molecule has 0 aromatic rings. The Morgan fingerprint density at radius 3 is 3.09 bits per heavy atom. The van der Waals surface area contributed by atoms with Gasteiger partial charge in [0, 0.05) is 7.11 Å². The zero-order valence-electron chi connectivity index (χ0n) is 6.19. The van der Waals surface area contributed by atoms with Gasteiger partial charge in [0.2, 0.25) is 12.1 Å². The highest BCUT2D eigenvalue weighted by molar-refractivity contribution is 5.93. The Hall–Kier alpha value is -0.710. The molecule has 0 spiro atoms. The van der Waals surface area contributed by atoms with Gasteiger partial charge in [0.15, 0.2) is 0 Å². The molecule has 2 unspecified atom stereocenters. The van der Waals surface area contributed by atoms with E-state index in [1.165, 1.54) is 13.2 Å². The summed E-state index contributed by atoms with van der Waals surface area (Å²) >= 11 is 0. The lowest BCUT2D eigenvalue weighted by Crippen LogP contribution is -2.33. The third-order valence-electron chi connectivity index (χ3n) is 1.35. The quantitative estimate of drug-likeness (QED) is 0.587. The average Bonchev–Trinajstić information content (AvgIpc) is 1.98. The zero-order valence-corrected chi connectivity index (χ0v) is 6.19. The van der Waals surface area contributed by atoms with Crippen molar-refractivity contribution in [3.05, 3.63) is 12.2 Å². The van der Waals surface area contributed by atoms with Crippen molar-refractivity contribution < 1.29 is 19.4 Å². The standard InChI is InChI=1S/C7H10O4/c1-10-4-5-2-3-6(8)7(9)11-5/h2-3,5,7,9H,4H2,1H3. The number of carbonyl (C=O) groups is 1. The van der Waals surface area contributed by atoms with Crippen molar-refractivity contribution in [2.75, 3.05) is 13.7 Å². The van der Waals surface area contributed by atoms with Crippen molar-refractivity contribution in [3.8, 4) is 0 Å². The fraction of sp³-hybridized carbons (Fsp3) is 0.571. The van der Waals surface area contributed by atoms with E-state index in [1.54, 1.807) is 6.08 Å². The first-order valence-corrected chi connectivity index (χ1v) is 3.28. The molecule has 4 nitrogen and oxygen atoms in total. The molecule has 1 rings (SSSR count). The molecule has 4 heteroatoms. The number of aliphatic hydroxyl groups is 1. The highest BCUT2D eigenvalue weighted by atomic mass is 16.6. The molecule has 1 aliphatic rings. The van der Waals surface area contributed by atoms with Crippen molar-refractivity contribution in [1.82, 2.24) is 0 Å². The van der Waals surface area contributed by atoms with E-state index in [0.717, 1.165) is 0 Å². The summed E-state index contributed by atoms with van der Waals surface area (Å²) in [6, 6.07) is 0. The van der Waals surface area contributed by atoms with Gasteiger partial charge in [-0.25, -0.2) is 0 Å². The van der Waals surface area contributed by atoms with Gasteiger partial charge in [-0.15, -0.1) is 0 Å². The van der Waals surface area contributed by atoms with Crippen LogP contribution in [0.1, 0.15) is 0 Å². The highest BCUT2D eigenvalue weighted by Crippen LogP contribution is 2.06. The van der Waals surface area contributed by atoms with Crippen LogP contribution in [0.25, 0.3) is 0 Å². The number of ether oxygens (including phenoxy) is 2. The molecule has 0 radical (unpaired) electrons. The maximum absolute atomic E-state index is 10.6. The van der Waals surface area contributed by atoms with Crippen molar-refractivity contribution >= 4 is 5.78 Å². The van der Waals surface area contributed by atoms with Crippen molar-refractivity contribution in [2.24, 2.45) is 0 Å². The smallest absolute Gasteiger partial charge is 0.220 e. The van der Waals surface area contributed by atoms with Crippen molar-refractivity contribution in [2.45, 2.75) is 12.4 Å². The van der Waals surface area contributed by atoms with Crippen LogP contribution in [-0.2, 0) is 14.3 Å². The maximum atomic E-state index is 10.6. The first-order valence-electron chi connectivity index (χ1n) is 3.28. The summed E-state index contributed by atoms with van der Waals surface area (Å²) in [5, 5.41) is 8.90. The molecule has 0 fully saturated rings. The number of rotatable bonds is 2. The van der Waals surface area contributed by atoms with Crippen LogP contribution in [-0.4, -0.2) is 37.0 Å². The van der Waals surface area contributed by atoms with Crippen molar-refractivity contribution in [1.29, 1.82) is 0 Å². The van der Waals surface area contributed by atoms with Crippen LogP contribution in [0.15, 0.2) is 12.2 Å². The molecule has 2 atom stereocenters. The highest BCUT2D eigenvalue weighted by Gasteiger charge is 2.21. The number of aliphatic hydroxyl groups excluding tert-OH is 1. The normalized spacial score (nSPS) is 30.9. The number of hydrogen-bond acceptors (Lipinski definition) is 4. The maximum Gasteiger partial charge on any atom is 0.220 e. The molecule has 0 aromatic carbocycles. The summed E-state index contributed by atoms with van der Waals surface area (Å²) in [7, 11) is 1.53. The van der Waals surface area contributed by atoms with E-state index in [-0.39, 0.29) is 6.10 Å². The lowest BCUT2D eigenvalue weighted by Gasteiger charge is -2.19. The lowest BCUT2D eigenvalue weighted by molar-refractivity contribution is -0.165. The molecular formula is C7H10O4. The van der Waals surface area contributed by atoms with Crippen molar-refractivity contribution in [3.63, 3.8) is 0 Å². The Morgan fingerprint density at radius 1 is 1.82 bits per heavy atom. The van der Waals surface area contributed by atoms with Gasteiger partial charge in [0.1, 0.15) is 6.10 Å². The molecule has 0 saturated heterocycles. The predicted molar refractivity (Wildman–Crippen MR) is 36.9 cm³/mol. The molecule has 1 N–H and O–H groups in total. The molecular weight excluding hydrogens is 148 g/mol. The minimum Gasteiger partial charge on any atom is -0.382 e. The SMILES string of the molecule is COCC1C=CC(=O)C(O)O1. The third kappa shape index (κ3) is 2.11. The van der Waals surface area contributed by atoms with E-state index in [1.807, 2.05) is 0 Å². The topological polar surface area (TPSA) is 55.8 Å². The van der Waals surface area contributed by atoms with Crippen LogP contribution in [0, 0.1) is 0 Å². The monoisotopic (exact) mass is 158 g/mol. The van der Waals surface area contributed by atoms with E-state index in [4.69, 9.17) is 14.6 Å². The van der Waals surface area contributed by atoms with Crippen LogP contribution in [0.4, 0.5) is 0 Å². The molecule has 11 heavy (non-hydrogen) atoms. The van der Waals surface area contributed by atoms with E-state index in [0.29, 0.717) is 6.61 Å². The second-order valence-corrected chi connectivity index (χ2v) is 2.24. The Balaban J connectivity index is 2.49. The Bertz CT molecular complexity index is 175. The first-order chi connectivity index (χ1) is 5.24. The van der Waals surface area contributed by atoms with Gasteiger partial charge in [-0.05, 0) is 12.2 Å². The summed E-state index contributed by atoms with van der Waals surface area (Å²) in [5.74, 6) is -0.419. The van der Waals surface area contributed by atoms with Crippen LogP contribution >= 0.6 is 0 Å². The predicted octanol–water partition coefficient (Wildman–Crippen LogP) is -0.525. The number of methoxy groups -OCH3 is 1. The van der Waals surface area contributed by atoms with E-state index in [2.05, 4.69) is 0 Å². The largest absolute Gasteiger partial charge is 0.382 e. The summed E-state index contributed by atoms with van der Waals surface area (Å²) in [5.41, 5.74) is 0. The number of ketones is 1. The molecule has 0 bridgehead atoms. The first kappa shape index (κ1) is 8.39. The molecule has 62 valence electrons. The summed E-state index contributed by atoms with van der Waals surface area (Å²) < 4.78 is 9.60. The molecule has 0 saturated carbocycles. The molecule has 0 aromatic heterocycles. The number of hydrogen-bond donors (Lipinski definition) is 1. The van der Waals surface area contributed by atoms with Crippen LogP contribution in [0.2, 0.25) is 0 Å². The Morgan fingerprint density at radius 2 is 2.55 bits per heavy atom. The Labute approximate surface area is 64.4 Å². The summed E-state index contributed by atoms with van der Waals surface area (Å²) in [4.78, 5) is 10.6. The van der Waals surface area contributed by atoms with Crippen LogP contribution in [0.5, 0.6) is 0 Å². The van der Waals surface area contributed by atoms with Gasteiger partial charge >= 0.3 is 0 Å². The third-order valence-corrected chi connectivity index (χ3v) is 1.35. The Kier molecular flexibility index (Phi) is 2.76. The van der Waals surface area contributed by atoms with E-state index >= 15 is 0 Å². The summed E-state index contributed by atoms with van der Waals surface area (Å²) in [6.07, 6.45) is 1.24. The lowest BCUT2D eigenvalue weighted by atomic mass is 10.2. The van der Waals surface area contributed by atoms with Crippen LogP contribution < -0.4 is 0 Å². The van der Waals surface area contributed by atoms with Gasteiger partial charge < -0.3 is 14.6 Å². The number of carbonyl (C=O) groups excluding carboxylic acids is 1. The van der Waals surface area contributed by atoms with Gasteiger partial charge in [-0.2, -0.15) is 0 Å². The molecule has 1 aliphatic heterocycles. The fourth-order valence-corrected chi connectivity index (χ4v) is 0.822. The minimum absolute atomic E-state index is 0.312. The van der Waals surface area contributed by atoms with Gasteiger partial charge in [-0.1, -0.05) is 0 Å². The second-order valence-electron chi connectivity index (χ2n) is 2.24. The van der Waals surface area contributed by atoms with Gasteiger partial charge in [0.25, 0.3) is 0 Å². The fourth-order valence-electron chi connectivity index (χ4n) is 0.822. The molecule has 0 aliphatic carbocycles. The zero-order chi connectivity index (χ0) is 8.27. The van der Waals surface area contributed by atoms with Gasteiger partial charge in [-0.3, -0.25) is 4.79 Å². The summed E-state index contributed by atoms with van der Waals surface area (Å²) in [6.45, 7) is 0.348. The minimum atomic E-state index is -1.32. The van der Waals surface area contributed by atoms with Crippen LogP contribution in [0.3, 0.4) is 0 Å². The molecule has 1 heterocycles. The molecule has 0 amide bonds.